The average Bonchev–Trinajstić information content (AvgIpc) is 2.56. The highest BCUT2D eigenvalue weighted by molar-refractivity contribution is 5.82. The van der Waals surface area contributed by atoms with E-state index in [2.05, 4.69) is 29.3 Å². The normalized spacial score (nSPS) is 24.8. The molecule has 1 saturated heterocycles. The van der Waals surface area contributed by atoms with Crippen molar-refractivity contribution in [3.63, 3.8) is 0 Å². The molecule has 0 saturated carbocycles. The highest BCUT2D eigenvalue weighted by Gasteiger charge is 2.30. The number of benzene rings is 1. The smallest absolute Gasteiger partial charge is 0.238 e. The zero-order valence-corrected chi connectivity index (χ0v) is 11.5. The summed E-state index contributed by atoms with van der Waals surface area (Å²) in [6.07, 6.45) is 1.94. The lowest BCUT2D eigenvalue weighted by molar-refractivity contribution is -0.125. The Labute approximate surface area is 115 Å². The number of hydrogen-bond donors (Lipinski definition) is 2. The summed E-state index contributed by atoms with van der Waals surface area (Å²) >= 11 is 0. The maximum absolute atomic E-state index is 12.0. The number of hydrogen-bond acceptors (Lipinski definition) is 3. The third-order valence-electron chi connectivity index (χ3n) is 3.86. The van der Waals surface area contributed by atoms with Gasteiger partial charge in [0.2, 0.25) is 5.91 Å². The lowest BCUT2D eigenvalue weighted by Crippen LogP contribution is -2.51. The summed E-state index contributed by atoms with van der Waals surface area (Å²) in [6.45, 7) is 4.18. The lowest BCUT2D eigenvalue weighted by atomic mass is 10.1. The molecule has 0 aliphatic carbocycles. The standard InChI is InChI=1S/C15H23N3O/c1-12-7-9-17-15(19)14(11-16)18(12)10-8-13-5-3-2-4-6-13/h2-6,12,14H,7-11,16H2,1H3,(H,17,19). The Morgan fingerprint density at radius 1 is 1.37 bits per heavy atom. The highest BCUT2D eigenvalue weighted by Crippen LogP contribution is 2.13. The fourth-order valence-corrected chi connectivity index (χ4v) is 2.67. The van der Waals surface area contributed by atoms with Gasteiger partial charge in [0.15, 0.2) is 0 Å². The molecule has 1 heterocycles. The summed E-state index contributed by atoms with van der Waals surface area (Å²) in [5, 5.41) is 2.94. The van der Waals surface area contributed by atoms with Crippen LogP contribution in [0.2, 0.25) is 0 Å². The van der Waals surface area contributed by atoms with Gasteiger partial charge >= 0.3 is 0 Å². The molecule has 104 valence electrons. The van der Waals surface area contributed by atoms with Crippen molar-refractivity contribution < 1.29 is 4.79 Å². The maximum atomic E-state index is 12.0. The monoisotopic (exact) mass is 261 g/mol. The molecule has 0 spiro atoms. The Balaban J connectivity index is 2.03. The molecule has 1 aromatic rings. The molecule has 1 aliphatic rings. The minimum absolute atomic E-state index is 0.0694. The first-order valence-corrected chi connectivity index (χ1v) is 7.00. The van der Waals surface area contributed by atoms with Gasteiger partial charge in [-0.15, -0.1) is 0 Å². The van der Waals surface area contributed by atoms with E-state index in [9.17, 15) is 4.79 Å². The van der Waals surface area contributed by atoms with Crippen molar-refractivity contribution in [2.24, 2.45) is 5.73 Å². The van der Waals surface area contributed by atoms with E-state index < -0.39 is 0 Å². The summed E-state index contributed by atoms with van der Waals surface area (Å²) in [5.74, 6) is 0.0694. The van der Waals surface area contributed by atoms with E-state index in [1.807, 2.05) is 18.2 Å². The van der Waals surface area contributed by atoms with Gasteiger partial charge in [-0.3, -0.25) is 9.69 Å². The van der Waals surface area contributed by atoms with Crippen LogP contribution in [0.4, 0.5) is 0 Å². The molecule has 1 aromatic carbocycles. The molecule has 4 nitrogen and oxygen atoms in total. The van der Waals surface area contributed by atoms with Gasteiger partial charge in [0, 0.05) is 25.7 Å². The largest absolute Gasteiger partial charge is 0.355 e. The number of carbonyl (C=O) groups excluding carboxylic acids is 1. The van der Waals surface area contributed by atoms with Crippen molar-refractivity contribution in [3.8, 4) is 0 Å². The van der Waals surface area contributed by atoms with Crippen LogP contribution in [-0.4, -0.2) is 42.5 Å². The van der Waals surface area contributed by atoms with Gasteiger partial charge in [-0.2, -0.15) is 0 Å². The van der Waals surface area contributed by atoms with Crippen LogP contribution in [0.3, 0.4) is 0 Å². The first-order valence-electron chi connectivity index (χ1n) is 7.00. The maximum Gasteiger partial charge on any atom is 0.238 e. The number of rotatable bonds is 4. The number of amides is 1. The average molecular weight is 261 g/mol. The zero-order valence-electron chi connectivity index (χ0n) is 11.5. The first kappa shape index (κ1) is 14.0. The van der Waals surface area contributed by atoms with Gasteiger partial charge in [0.05, 0.1) is 0 Å². The van der Waals surface area contributed by atoms with Gasteiger partial charge in [-0.05, 0) is 25.3 Å². The van der Waals surface area contributed by atoms with E-state index in [-0.39, 0.29) is 11.9 Å². The van der Waals surface area contributed by atoms with Crippen LogP contribution in [0, 0.1) is 0 Å². The quantitative estimate of drug-likeness (QED) is 0.841. The number of carbonyl (C=O) groups is 1. The van der Waals surface area contributed by atoms with E-state index in [1.165, 1.54) is 5.56 Å². The van der Waals surface area contributed by atoms with Crippen molar-refractivity contribution in [2.45, 2.75) is 31.8 Å². The SMILES string of the molecule is CC1CCNC(=O)C(CN)N1CCc1ccccc1. The summed E-state index contributed by atoms with van der Waals surface area (Å²) in [4.78, 5) is 14.2. The van der Waals surface area contributed by atoms with E-state index in [4.69, 9.17) is 5.73 Å². The first-order chi connectivity index (χ1) is 9.22. The predicted octanol–water partition coefficient (Wildman–Crippen LogP) is 0.767. The molecular formula is C15H23N3O. The molecule has 2 rings (SSSR count). The molecule has 0 radical (unpaired) electrons. The minimum Gasteiger partial charge on any atom is -0.355 e. The second kappa shape index (κ2) is 6.68. The third kappa shape index (κ3) is 3.55. The van der Waals surface area contributed by atoms with Crippen molar-refractivity contribution >= 4 is 5.91 Å². The summed E-state index contributed by atoms with van der Waals surface area (Å²) < 4.78 is 0. The second-order valence-corrected chi connectivity index (χ2v) is 5.15. The summed E-state index contributed by atoms with van der Waals surface area (Å²) in [7, 11) is 0. The minimum atomic E-state index is -0.193. The topological polar surface area (TPSA) is 58.4 Å². The van der Waals surface area contributed by atoms with Crippen LogP contribution in [0.25, 0.3) is 0 Å². The van der Waals surface area contributed by atoms with Crippen LogP contribution in [0.15, 0.2) is 30.3 Å². The lowest BCUT2D eigenvalue weighted by Gasteiger charge is -2.32. The van der Waals surface area contributed by atoms with Crippen molar-refractivity contribution in [1.29, 1.82) is 0 Å². The molecule has 3 N–H and O–H groups in total. The Morgan fingerprint density at radius 3 is 2.79 bits per heavy atom. The van der Waals surface area contributed by atoms with E-state index >= 15 is 0 Å². The van der Waals surface area contributed by atoms with Crippen molar-refractivity contribution in [3.05, 3.63) is 35.9 Å². The van der Waals surface area contributed by atoms with Gasteiger partial charge in [0.1, 0.15) is 6.04 Å². The molecule has 2 atom stereocenters. The number of nitrogens with two attached hydrogens (primary N) is 1. The molecule has 0 bridgehead atoms. The molecule has 2 unspecified atom stereocenters. The van der Waals surface area contributed by atoms with Crippen LogP contribution < -0.4 is 11.1 Å². The molecule has 0 aromatic heterocycles. The Kier molecular flexibility index (Phi) is 4.93. The van der Waals surface area contributed by atoms with Crippen LogP contribution in [0.5, 0.6) is 0 Å². The Hall–Kier alpha value is -1.39. The summed E-state index contributed by atoms with van der Waals surface area (Å²) in [5.41, 5.74) is 7.08. The molecule has 19 heavy (non-hydrogen) atoms. The molecular weight excluding hydrogens is 238 g/mol. The van der Waals surface area contributed by atoms with Crippen LogP contribution in [-0.2, 0) is 11.2 Å². The Morgan fingerprint density at radius 2 is 2.11 bits per heavy atom. The molecule has 1 aliphatic heterocycles. The number of nitrogens with zero attached hydrogens (tertiary/aromatic N) is 1. The highest BCUT2D eigenvalue weighted by atomic mass is 16.2. The predicted molar refractivity (Wildman–Crippen MR) is 76.8 cm³/mol. The van der Waals surface area contributed by atoms with Crippen LogP contribution >= 0.6 is 0 Å². The fourth-order valence-electron chi connectivity index (χ4n) is 2.67. The van der Waals surface area contributed by atoms with E-state index in [0.29, 0.717) is 12.6 Å². The van der Waals surface area contributed by atoms with Crippen molar-refractivity contribution in [1.82, 2.24) is 10.2 Å². The van der Waals surface area contributed by atoms with Gasteiger partial charge in [-0.1, -0.05) is 30.3 Å². The molecule has 1 amide bonds. The van der Waals surface area contributed by atoms with Crippen molar-refractivity contribution in [2.75, 3.05) is 19.6 Å². The van der Waals surface area contributed by atoms with Gasteiger partial charge < -0.3 is 11.1 Å². The third-order valence-corrected chi connectivity index (χ3v) is 3.86. The fraction of sp³-hybridized carbons (Fsp3) is 0.533. The van der Waals surface area contributed by atoms with E-state index in [1.54, 1.807) is 0 Å². The summed E-state index contributed by atoms with van der Waals surface area (Å²) in [6, 6.07) is 10.6. The Bertz CT molecular complexity index is 407. The van der Waals surface area contributed by atoms with Crippen LogP contribution in [0.1, 0.15) is 18.9 Å². The van der Waals surface area contributed by atoms with Gasteiger partial charge in [0.25, 0.3) is 0 Å². The second-order valence-electron chi connectivity index (χ2n) is 5.15. The number of nitrogens with one attached hydrogen (secondary N) is 1. The van der Waals surface area contributed by atoms with Gasteiger partial charge in [-0.25, -0.2) is 0 Å². The zero-order chi connectivity index (χ0) is 13.7. The molecule has 4 heteroatoms. The van der Waals surface area contributed by atoms with E-state index in [0.717, 1.165) is 25.9 Å². The molecule has 1 fully saturated rings.